The fraction of sp³-hybridized carbons (Fsp3) is 0.0400. The quantitative estimate of drug-likeness (QED) is 0.337. The fourth-order valence-electron chi connectivity index (χ4n) is 3.27. The van der Waals surface area contributed by atoms with Gasteiger partial charge in [0.1, 0.15) is 0 Å². The number of amides is 1. The van der Waals surface area contributed by atoms with Crippen molar-refractivity contribution in [3.63, 3.8) is 0 Å². The van der Waals surface area contributed by atoms with E-state index < -0.39 is 0 Å². The molecule has 1 heterocycles. The van der Waals surface area contributed by atoms with Gasteiger partial charge in [0.05, 0.1) is 17.0 Å². The van der Waals surface area contributed by atoms with E-state index in [9.17, 15) is 4.79 Å². The SMILES string of the molecule is CC1=NN(c2ccccc2)C(=O)C1=C(C=Cc1ccc(Br)cc1)c1ccc(Br)cc1. The van der Waals surface area contributed by atoms with Gasteiger partial charge in [0, 0.05) is 8.95 Å². The van der Waals surface area contributed by atoms with Gasteiger partial charge < -0.3 is 0 Å². The van der Waals surface area contributed by atoms with Crippen LogP contribution in [0.25, 0.3) is 11.6 Å². The second-order valence-corrected chi connectivity index (χ2v) is 8.65. The Kier molecular flexibility index (Phi) is 6.11. The summed E-state index contributed by atoms with van der Waals surface area (Å²) in [5.41, 5.74) is 4.91. The molecule has 3 aromatic carbocycles. The Labute approximate surface area is 192 Å². The number of hydrazone groups is 1. The maximum atomic E-state index is 13.4. The van der Waals surface area contributed by atoms with Crippen molar-refractivity contribution in [3.05, 3.63) is 111 Å². The summed E-state index contributed by atoms with van der Waals surface area (Å²) < 4.78 is 2.01. The number of nitrogens with zero attached hydrogens (tertiary/aromatic N) is 2. The smallest absolute Gasteiger partial charge is 0.267 e. The summed E-state index contributed by atoms with van der Waals surface area (Å²) in [5.74, 6) is -0.128. The van der Waals surface area contributed by atoms with Gasteiger partial charge >= 0.3 is 0 Å². The number of benzene rings is 3. The van der Waals surface area contributed by atoms with E-state index in [1.807, 2.05) is 97.9 Å². The van der Waals surface area contributed by atoms with Crippen LogP contribution in [0.1, 0.15) is 18.1 Å². The number of carbonyl (C=O) groups is 1. The minimum Gasteiger partial charge on any atom is -0.267 e. The van der Waals surface area contributed by atoms with Gasteiger partial charge in [-0.05, 0) is 60.0 Å². The minimum atomic E-state index is -0.128. The van der Waals surface area contributed by atoms with E-state index >= 15 is 0 Å². The molecule has 3 aromatic rings. The number of hydrogen-bond acceptors (Lipinski definition) is 2. The summed E-state index contributed by atoms with van der Waals surface area (Å²) in [4.78, 5) is 13.4. The van der Waals surface area contributed by atoms with Gasteiger partial charge in [0.2, 0.25) is 0 Å². The number of allylic oxidation sites excluding steroid dienone is 2. The fourth-order valence-corrected chi connectivity index (χ4v) is 3.80. The number of carbonyl (C=O) groups excluding carboxylic acids is 1. The van der Waals surface area contributed by atoms with Gasteiger partial charge in [0.15, 0.2) is 0 Å². The van der Waals surface area contributed by atoms with Gasteiger partial charge in [-0.2, -0.15) is 10.1 Å². The van der Waals surface area contributed by atoms with E-state index in [0.717, 1.165) is 31.3 Å². The van der Waals surface area contributed by atoms with Crippen LogP contribution in [-0.4, -0.2) is 11.6 Å². The predicted octanol–water partition coefficient (Wildman–Crippen LogP) is 7.10. The molecule has 30 heavy (non-hydrogen) atoms. The molecule has 0 saturated carbocycles. The highest BCUT2D eigenvalue weighted by atomic mass is 79.9. The monoisotopic (exact) mass is 520 g/mol. The first-order valence-electron chi connectivity index (χ1n) is 9.42. The van der Waals surface area contributed by atoms with E-state index in [1.54, 1.807) is 0 Å². The average Bonchev–Trinajstić information content (AvgIpc) is 3.06. The average molecular weight is 522 g/mol. The third-order valence-corrected chi connectivity index (χ3v) is 5.81. The molecule has 0 spiro atoms. The van der Waals surface area contributed by atoms with Crippen LogP contribution in [0.5, 0.6) is 0 Å². The van der Waals surface area contributed by atoms with Crippen LogP contribution in [0.4, 0.5) is 5.69 Å². The number of para-hydroxylation sites is 1. The zero-order valence-electron chi connectivity index (χ0n) is 16.2. The van der Waals surface area contributed by atoms with Gasteiger partial charge in [-0.1, -0.05) is 86.5 Å². The molecule has 0 saturated heterocycles. The van der Waals surface area contributed by atoms with Crippen LogP contribution in [0.3, 0.4) is 0 Å². The third kappa shape index (κ3) is 4.37. The Hall–Kier alpha value is -2.76. The van der Waals surface area contributed by atoms with Gasteiger partial charge in [0.25, 0.3) is 5.91 Å². The summed E-state index contributed by atoms with van der Waals surface area (Å²) >= 11 is 6.95. The topological polar surface area (TPSA) is 32.7 Å². The molecule has 0 unspecified atom stereocenters. The molecule has 0 bridgehead atoms. The minimum absolute atomic E-state index is 0.128. The summed E-state index contributed by atoms with van der Waals surface area (Å²) in [6.45, 7) is 1.88. The molecule has 0 atom stereocenters. The van der Waals surface area contributed by atoms with Crippen molar-refractivity contribution >= 4 is 60.8 Å². The lowest BCUT2D eigenvalue weighted by molar-refractivity contribution is -0.114. The lowest BCUT2D eigenvalue weighted by Gasteiger charge is -2.13. The molecule has 1 aliphatic heterocycles. The Morgan fingerprint density at radius 1 is 0.867 bits per heavy atom. The molecule has 1 aliphatic rings. The summed E-state index contributed by atoms with van der Waals surface area (Å²) in [5, 5.41) is 6.01. The van der Waals surface area contributed by atoms with Crippen molar-refractivity contribution in [2.45, 2.75) is 6.92 Å². The van der Waals surface area contributed by atoms with Crippen molar-refractivity contribution in [1.82, 2.24) is 0 Å². The maximum Gasteiger partial charge on any atom is 0.281 e. The summed E-state index contributed by atoms with van der Waals surface area (Å²) in [7, 11) is 0. The Bertz CT molecular complexity index is 1160. The Balaban J connectivity index is 1.81. The highest BCUT2D eigenvalue weighted by Gasteiger charge is 2.31. The lowest BCUT2D eigenvalue weighted by atomic mass is 9.96. The van der Waals surface area contributed by atoms with Crippen LogP contribution < -0.4 is 5.01 Å². The number of hydrogen-bond donors (Lipinski definition) is 0. The van der Waals surface area contributed by atoms with Crippen LogP contribution in [0.2, 0.25) is 0 Å². The Morgan fingerprint density at radius 3 is 2.10 bits per heavy atom. The second kappa shape index (κ2) is 8.94. The highest BCUT2D eigenvalue weighted by Crippen LogP contribution is 2.31. The standard InChI is InChI=1S/C25H18Br2N2O/c1-17-24(25(30)29(28-17)22-5-3-2-4-6-22)23(19-10-14-21(27)15-11-19)16-9-18-7-12-20(26)13-8-18/h2-16H,1H3. The van der Waals surface area contributed by atoms with Gasteiger partial charge in [-0.3, -0.25) is 4.79 Å². The first-order valence-corrected chi connectivity index (χ1v) is 11.0. The molecular formula is C25H18Br2N2O. The second-order valence-electron chi connectivity index (χ2n) is 6.82. The van der Waals surface area contributed by atoms with Crippen LogP contribution in [0.15, 0.2) is 105 Å². The van der Waals surface area contributed by atoms with E-state index in [1.165, 1.54) is 5.01 Å². The molecular weight excluding hydrogens is 504 g/mol. The van der Waals surface area contributed by atoms with Crippen molar-refractivity contribution < 1.29 is 4.79 Å². The molecule has 0 aliphatic carbocycles. The van der Waals surface area contributed by atoms with Crippen LogP contribution in [-0.2, 0) is 4.79 Å². The first kappa shape index (κ1) is 20.5. The molecule has 4 rings (SSSR count). The van der Waals surface area contributed by atoms with Gasteiger partial charge in [-0.15, -0.1) is 0 Å². The van der Waals surface area contributed by atoms with E-state index in [2.05, 4.69) is 37.0 Å². The summed E-state index contributed by atoms with van der Waals surface area (Å²) in [6.07, 6.45) is 4.01. The highest BCUT2D eigenvalue weighted by molar-refractivity contribution is 9.10. The molecule has 0 fully saturated rings. The Morgan fingerprint density at radius 2 is 1.47 bits per heavy atom. The van der Waals surface area contributed by atoms with Crippen molar-refractivity contribution in [1.29, 1.82) is 0 Å². The zero-order valence-corrected chi connectivity index (χ0v) is 19.4. The van der Waals surface area contributed by atoms with E-state index in [0.29, 0.717) is 11.3 Å². The number of halogens is 2. The predicted molar refractivity (Wildman–Crippen MR) is 131 cm³/mol. The molecule has 0 N–H and O–H groups in total. The molecule has 0 aromatic heterocycles. The normalized spacial score (nSPS) is 15.6. The van der Waals surface area contributed by atoms with Crippen molar-refractivity contribution in [2.24, 2.45) is 5.10 Å². The third-order valence-electron chi connectivity index (χ3n) is 4.76. The van der Waals surface area contributed by atoms with Crippen LogP contribution in [0, 0.1) is 0 Å². The first-order chi connectivity index (χ1) is 14.5. The largest absolute Gasteiger partial charge is 0.281 e. The molecule has 148 valence electrons. The van der Waals surface area contributed by atoms with Crippen molar-refractivity contribution in [2.75, 3.05) is 5.01 Å². The van der Waals surface area contributed by atoms with Gasteiger partial charge in [-0.25, -0.2) is 0 Å². The van der Waals surface area contributed by atoms with E-state index in [4.69, 9.17) is 0 Å². The maximum absolute atomic E-state index is 13.4. The molecule has 5 heteroatoms. The van der Waals surface area contributed by atoms with Crippen LogP contribution >= 0.6 is 31.9 Å². The van der Waals surface area contributed by atoms with Crippen molar-refractivity contribution in [3.8, 4) is 0 Å². The lowest BCUT2D eigenvalue weighted by Crippen LogP contribution is -2.21. The summed E-state index contributed by atoms with van der Waals surface area (Å²) in [6, 6.07) is 25.5. The molecule has 3 nitrogen and oxygen atoms in total. The zero-order chi connectivity index (χ0) is 21.1. The number of anilines is 1. The molecule has 0 radical (unpaired) electrons. The van der Waals surface area contributed by atoms with E-state index in [-0.39, 0.29) is 5.91 Å². The molecule has 1 amide bonds. The number of rotatable bonds is 4.